The third kappa shape index (κ3) is 2.15. The van der Waals surface area contributed by atoms with Crippen molar-refractivity contribution in [3.63, 3.8) is 0 Å². The lowest BCUT2D eigenvalue weighted by Crippen LogP contribution is -2.46. The van der Waals surface area contributed by atoms with Gasteiger partial charge in [0, 0.05) is 23.8 Å². The van der Waals surface area contributed by atoms with Crippen LogP contribution >= 0.6 is 0 Å². The predicted octanol–water partition coefficient (Wildman–Crippen LogP) is 1.79. The molecule has 4 heteroatoms. The van der Waals surface area contributed by atoms with Crippen LogP contribution in [0.25, 0.3) is 0 Å². The average Bonchev–Trinajstić information content (AvgIpc) is 2.40. The maximum atomic E-state index is 12.6. The van der Waals surface area contributed by atoms with Gasteiger partial charge >= 0.3 is 0 Å². The molecule has 1 aromatic rings. The van der Waals surface area contributed by atoms with Crippen LogP contribution in [-0.4, -0.2) is 17.6 Å². The SMILES string of the molecule is Cc1ccc2c(c1)CCC(C1CCC(=O)NC1=O)C2=O. The van der Waals surface area contributed by atoms with E-state index in [-0.39, 0.29) is 29.4 Å². The molecule has 4 nitrogen and oxygen atoms in total. The zero-order valence-corrected chi connectivity index (χ0v) is 11.4. The lowest BCUT2D eigenvalue weighted by Gasteiger charge is -2.31. The number of benzene rings is 1. The Bertz CT molecular complexity index is 606. The van der Waals surface area contributed by atoms with Crippen LogP contribution in [0.2, 0.25) is 0 Å². The van der Waals surface area contributed by atoms with Crippen molar-refractivity contribution in [3.8, 4) is 0 Å². The number of carbonyl (C=O) groups excluding carboxylic acids is 3. The van der Waals surface area contributed by atoms with E-state index in [2.05, 4.69) is 5.32 Å². The number of piperidine rings is 1. The molecule has 20 heavy (non-hydrogen) atoms. The van der Waals surface area contributed by atoms with E-state index in [4.69, 9.17) is 0 Å². The van der Waals surface area contributed by atoms with Crippen LogP contribution in [0.4, 0.5) is 0 Å². The third-order valence-electron chi connectivity index (χ3n) is 4.36. The van der Waals surface area contributed by atoms with Gasteiger partial charge < -0.3 is 0 Å². The number of carbonyl (C=O) groups is 3. The Balaban J connectivity index is 1.87. The first-order chi connectivity index (χ1) is 9.56. The fraction of sp³-hybridized carbons (Fsp3) is 0.438. The highest BCUT2D eigenvalue weighted by atomic mass is 16.2. The molecule has 2 amide bonds. The lowest BCUT2D eigenvalue weighted by atomic mass is 9.73. The van der Waals surface area contributed by atoms with E-state index >= 15 is 0 Å². The molecule has 3 rings (SSSR count). The molecule has 2 unspecified atom stereocenters. The van der Waals surface area contributed by atoms with Gasteiger partial charge in [-0.2, -0.15) is 0 Å². The van der Waals surface area contributed by atoms with E-state index in [1.807, 2.05) is 25.1 Å². The Kier molecular flexibility index (Phi) is 3.16. The summed E-state index contributed by atoms with van der Waals surface area (Å²) < 4.78 is 0. The van der Waals surface area contributed by atoms with E-state index in [1.54, 1.807) is 0 Å². The summed E-state index contributed by atoms with van der Waals surface area (Å²) >= 11 is 0. The molecule has 2 aliphatic rings. The molecule has 1 aromatic carbocycles. The number of imide groups is 1. The lowest BCUT2D eigenvalue weighted by molar-refractivity contribution is -0.137. The summed E-state index contributed by atoms with van der Waals surface area (Å²) in [5, 5.41) is 2.35. The molecule has 0 radical (unpaired) electrons. The highest BCUT2D eigenvalue weighted by Crippen LogP contribution is 2.34. The van der Waals surface area contributed by atoms with E-state index in [1.165, 1.54) is 0 Å². The van der Waals surface area contributed by atoms with Crippen molar-refractivity contribution in [1.29, 1.82) is 0 Å². The van der Waals surface area contributed by atoms with Gasteiger partial charge in [0.25, 0.3) is 0 Å². The largest absolute Gasteiger partial charge is 0.296 e. The Labute approximate surface area is 117 Å². The molecule has 1 fully saturated rings. The second-order valence-electron chi connectivity index (χ2n) is 5.73. The number of amides is 2. The summed E-state index contributed by atoms with van der Waals surface area (Å²) in [6, 6.07) is 5.85. The summed E-state index contributed by atoms with van der Waals surface area (Å²) in [5.41, 5.74) is 2.98. The molecular formula is C16H17NO3. The molecule has 0 spiro atoms. The Morgan fingerprint density at radius 1 is 1.05 bits per heavy atom. The standard InChI is InChI=1S/C16H17NO3/c1-9-2-4-11-10(8-9)3-5-12(15(11)19)13-6-7-14(18)17-16(13)20/h2,4,8,12-13H,3,5-7H2,1H3,(H,17,18,20). The van der Waals surface area contributed by atoms with Crippen molar-refractivity contribution in [3.05, 3.63) is 34.9 Å². The second-order valence-corrected chi connectivity index (χ2v) is 5.73. The average molecular weight is 271 g/mol. The van der Waals surface area contributed by atoms with Gasteiger partial charge in [-0.1, -0.05) is 23.8 Å². The molecule has 1 heterocycles. The molecule has 1 saturated heterocycles. The van der Waals surface area contributed by atoms with Crippen molar-refractivity contribution >= 4 is 17.6 Å². The third-order valence-corrected chi connectivity index (χ3v) is 4.36. The summed E-state index contributed by atoms with van der Waals surface area (Å²) in [5.74, 6) is -1.09. The van der Waals surface area contributed by atoms with Gasteiger partial charge in [0.15, 0.2) is 5.78 Å². The molecular weight excluding hydrogens is 254 g/mol. The van der Waals surface area contributed by atoms with Crippen molar-refractivity contribution in [2.24, 2.45) is 11.8 Å². The van der Waals surface area contributed by atoms with E-state index in [9.17, 15) is 14.4 Å². The maximum Gasteiger partial charge on any atom is 0.230 e. The Morgan fingerprint density at radius 2 is 1.80 bits per heavy atom. The van der Waals surface area contributed by atoms with Gasteiger partial charge in [-0.05, 0) is 31.7 Å². The highest BCUT2D eigenvalue weighted by molar-refractivity contribution is 6.05. The number of Topliss-reactive ketones (excluding diaryl/α,β-unsaturated/α-hetero) is 1. The molecule has 0 saturated carbocycles. The van der Waals surface area contributed by atoms with Gasteiger partial charge in [0.2, 0.25) is 11.8 Å². The number of ketones is 1. The molecule has 1 aliphatic carbocycles. The highest BCUT2D eigenvalue weighted by Gasteiger charge is 2.39. The van der Waals surface area contributed by atoms with Crippen LogP contribution in [0.5, 0.6) is 0 Å². The summed E-state index contributed by atoms with van der Waals surface area (Å²) in [4.78, 5) is 35.7. The van der Waals surface area contributed by atoms with Gasteiger partial charge in [-0.25, -0.2) is 0 Å². The normalized spacial score (nSPS) is 26.1. The van der Waals surface area contributed by atoms with Crippen molar-refractivity contribution in [1.82, 2.24) is 5.32 Å². The number of fused-ring (bicyclic) bond motifs is 1. The smallest absolute Gasteiger partial charge is 0.230 e. The van der Waals surface area contributed by atoms with Crippen LogP contribution in [0.3, 0.4) is 0 Å². The minimum absolute atomic E-state index is 0.0562. The van der Waals surface area contributed by atoms with Crippen molar-refractivity contribution in [2.75, 3.05) is 0 Å². The zero-order valence-electron chi connectivity index (χ0n) is 11.4. The van der Waals surface area contributed by atoms with E-state index in [0.29, 0.717) is 19.3 Å². The summed E-state index contributed by atoms with van der Waals surface area (Å²) in [6.07, 6.45) is 2.34. The summed E-state index contributed by atoms with van der Waals surface area (Å²) in [7, 11) is 0. The van der Waals surface area contributed by atoms with Crippen LogP contribution in [0, 0.1) is 18.8 Å². The minimum Gasteiger partial charge on any atom is -0.296 e. The van der Waals surface area contributed by atoms with Crippen LogP contribution in [0.1, 0.15) is 40.7 Å². The van der Waals surface area contributed by atoms with Crippen molar-refractivity contribution in [2.45, 2.75) is 32.6 Å². The predicted molar refractivity (Wildman–Crippen MR) is 73.2 cm³/mol. The van der Waals surface area contributed by atoms with E-state index < -0.39 is 0 Å². The molecule has 1 aliphatic heterocycles. The fourth-order valence-electron chi connectivity index (χ4n) is 3.29. The number of hydrogen-bond donors (Lipinski definition) is 1. The molecule has 104 valence electrons. The topological polar surface area (TPSA) is 63.2 Å². The van der Waals surface area contributed by atoms with Gasteiger partial charge in [0.1, 0.15) is 0 Å². The molecule has 1 N–H and O–H groups in total. The van der Waals surface area contributed by atoms with Crippen LogP contribution in [-0.2, 0) is 16.0 Å². The van der Waals surface area contributed by atoms with Crippen LogP contribution in [0.15, 0.2) is 18.2 Å². The number of nitrogens with one attached hydrogen (secondary N) is 1. The Hall–Kier alpha value is -1.97. The van der Waals surface area contributed by atoms with Gasteiger partial charge in [-0.15, -0.1) is 0 Å². The number of hydrogen-bond acceptors (Lipinski definition) is 3. The van der Waals surface area contributed by atoms with Crippen molar-refractivity contribution < 1.29 is 14.4 Å². The first-order valence-electron chi connectivity index (χ1n) is 7.03. The molecule has 2 atom stereocenters. The second kappa shape index (κ2) is 4.85. The zero-order chi connectivity index (χ0) is 14.3. The van der Waals surface area contributed by atoms with Gasteiger partial charge in [0.05, 0.1) is 0 Å². The first kappa shape index (κ1) is 13.0. The fourth-order valence-corrected chi connectivity index (χ4v) is 3.29. The van der Waals surface area contributed by atoms with Crippen LogP contribution < -0.4 is 5.32 Å². The molecule has 0 aromatic heterocycles. The maximum absolute atomic E-state index is 12.6. The minimum atomic E-state index is -0.352. The Morgan fingerprint density at radius 3 is 2.55 bits per heavy atom. The monoisotopic (exact) mass is 271 g/mol. The summed E-state index contributed by atoms with van der Waals surface area (Å²) in [6.45, 7) is 2.01. The number of rotatable bonds is 1. The van der Waals surface area contributed by atoms with E-state index in [0.717, 1.165) is 23.1 Å². The van der Waals surface area contributed by atoms with Gasteiger partial charge in [-0.3, -0.25) is 19.7 Å². The first-order valence-corrected chi connectivity index (χ1v) is 7.03. The quantitative estimate of drug-likeness (QED) is 0.792. The number of aryl methyl sites for hydroxylation is 2. The molecule has 0 bridgehead atoms.